The first-order chi connectivity index (χ1) is 45.1. The number of hydrogen-bond donors (Lipinski definition) is 3. The van der Waals surface area contributed by atoms with Crippen molar-refractivity contribution in [3.8, 4) is 0 Å². The molecule has 0 aromatic rings. The molecule has 0 saturated carbocycles. The van der Waals surface area contributed by atoms with E-state index in [1.54, 1.807) is 0 Å². The first-order valence-corrected chi connectivity index (χ1v) is 41.7. The Morgan fingerprint density at radius 1 is 0.298 bits per heavy atom. The second-order valence-electron chi connectivity index (χ2n) is 28.7. The highest BCUT2D eigenvalue weighted by Crippen LogP contribution is 2.45. The minimum atomic E-state index is -4.96. The van der Waals surface area contributed by atoms with Gasteiger partial charge in [0.1, 0.15) is 19.3 Å². The van der Waals surface area contributed by atoms with E-state index in [1.807, 2.05) is 0 Å². The van der Waals surface area contributed by atoms with E-state index in [4.69, 9.17) is 37.0 Å². The van der Waals surface area contributed by atoms with Gasteiger partial charge in [0.05, 0.1) is 26.4 Å². The van der Waals surface area contributed by atoms with Crippen molar-refractivity contribution in [2.24, 2.45) is 23.7 Å². The number of hydrogen-bond acceptors (Lipinski definition) is 15. The van der Waals surface area contributed by atoms with Gasteiger partial charge in [0.25, 0.3) is 0 Å². The van der Waals surface area contributed by atoms with Gasteiger partial charge in [-0.15, -0.1) is 0 Å². The second-order valence-corrected chi connectivity index (χ2v) is 31.6. The summed E-state index contributed by atoms with van der Waals surface area (Å²) in [5.74, 6) is 0.883. The number of esters is 4. The summed E-state index contributed by atoms with van der Waals surface area (Å²) in [4.78, 5) is 72.7. The Morgan fingerprint density at radius 3 is 0.755 bits per heavy atom. The maximum atomic E-state index is 13.0. The molecule has 19 heteroatoms. The average Bonchev–Trinajstić information content (AvgIpc) is 1.83. The first-order valence-electron chi connectivity index (χ1n) is 38.7. The van der Waals surface area contributed by atoms with Crippen LogP contribution in [0.4, 0.5) is 0 Å². The molecule has 558 valence electrons. The van der Waals surface area contributed by atoms with Gasteiger partial charge in [-0.25, -0.2) is 9.13 Å². The van der Waals surface area contributed by atoms with Gasteiger partial charge in [-0.05, 0) is 49.4 Å². The van der Waals surface area contributed by atoms with Crippen LogP contribution in [0.2, 0.25) is 0 Å². The summed E-state index contributed by atoms with van der Waals surface area (Å²) < 4.78 is 68.4. The molecule has 0 fully saturated rings. The zero-order chi connectivity index (χ0) is 69.6. The molecule has 17 nitrogen and oxygen atoms in total. The number of phosphoric acid groups is 2. The number of aliphatic hydroxyl groups is 1. The van der Waals surface area contributed by atoms with Crippen LogP contribution in [0.5, 0.6) is 0 Å². The third kappa shape index (κ3) is 67.3. The van der Waals surface area contributed by atoms with E-state index in [0.29, 0.717) is 31.6 Å². The third-order valence-electron chi connectivity index (χ3n) is 17.7. The fraction of sp³-hybridized carbons (Fsp3) is 0.947. The van der Waals surface area contributed by atoms with Gasteiger partial charge < -0.3 is 33.8 Å². The molecule has 0 bridgehead atoms. The van der Waals surface area contributed by atoms with Crippen LogP contribution in [-0.2, 0) is 65.4 Å². The first kappa shape index (κ1) is 92.1. The van der Waals surface area contributed by atoms with Crippen LogP contribution in [0.15, 0.2) is 0 Å². The quantitative estimate of drug-likeness (QED) is 0.0222. The standard InChI is InChI=1S/C75H146O17P2/c1-9-68(8)54-46-38-32-34-40-48-56-73(78)86-62-71(92-75(80)58-50-42-30-26-22-18-14-13-16-20-24-28-36-44-52-66(4)5)64-90-94(83,84)88-60-69(76)59-87-93(81,82)89-63-70(61-85-72(77)55-47-39-33-31-37-45-53-67(6)7)91-74(79)57-49-41-29-25-21-17-12-10-11-15-19-23-27-35-43-51-65(2)3/h65-71,76H,9-64H2,1-8H3,(H,81,82)(H,83,84)/t68?,69?,70-,71-/m1/s1. The summed E-state index contributed by atoms with van der Waals surface area (Å²) in [6.07, 6.45) is 48.8. The van der Waals surface area contributed by atoms with Gasteiger partial charge in [-0.2, -0.15) is 0 Å². The number of carbonyl (C=O) groups is 4. The predicted molar refractivity (Wildman–Crippen MR) is 381 cm³/mol. The van der Waals surface area contributed by atoms with Crippen molar-refractivity contribution < 1.29 is 80.2 Å². The monoisotopic (exact) mass is 1380 g/mol. The summed E-state index contributed by atoms with van der Waals surface area (Å²) in [7, 11) is -9.91. The molecule has 0 heterocycles. The van der Waals surface area contributed by atoms with E-state index in [-0.39, 0.29) is 25.7 Å². The minimum absolute atomic E-state index is 0.106. The molecule has 0 saturated heterocycles. The van der Waals surface area contributed by atoms with Crippen molar-refractivity contribution in [1.29, 1.82) is 0 Å². The molecule has 0 spiro atoms. The van der Waals surface area contributed by atoms with E-state index < -0.39 is 97.5 Å². The summed E-state index contributed by atoms with van der Waals surface area (Å²) in [6.45, 7) is 14.1. The summed E-state index contributed by atoms with van der Waals surface area (Å²) >= 11 is 0. The van der Waals surface area contributed by atoms with Crippen LogP contribution in [-0.4, -0.2) is 96.7 Å². The van der Waals surface area contributed by atoms with Crippen molar-refractivity contribution in [2.75, 3.05) is 39.6 Å². The third-order valence-corrected chi connectivity index (χ3v) is 19.6. The Balaban J connectivity index is 5.20. The van der Waals surface area contributed by atoms with Crippen LogP contribution < -0.4 is 0 Å². The molecule has 0 aromatic carbocycles. The molecule has 0 amide bonds. The maximum absolute atomic E-state index is 13.0. The Morgan fingerprint density at radius 2 is 0.511 bits per heavy atom. The number of unbranched alkanes of at least 4 members (excludes halogenated alkanes) is 37. The molecule has 0 aromatic heterocycles. The fourth-order valence-corrected chi connectivity index (χ4v) is 12.9. The van der Waals surface area contributed by atoms with Crippen molar-refractivity contribution in [3.63, 3.8) is 0 Å². The second kappa shape index (κ2) is 64.4. The molecule has 0 aliphatic heterocycles. The predicted octanol–water partition coefficient (Wildman–Crippen LogP) is 21.7. The van der Waals surface area contributed by atoms with Crippen molar-refractivity contribution >= 4 is 39.5 Å². The summed E-state index contributed by atoms with van der Waals surface area (Å²) in [6, 6.07) is 0. The smallest absolute Gasteiger partial charge is 0.462 e. The highest BCUT2D eigenvalue weighted by atomic mass is 31.2. The Hall–Kier alpha value is -1.94. The Bertz CT molecular complexity index is 1850. The zero-order valence-corrected chi connectivity index (χ0v) is 63.4. The van der Waals surface area contributed by atoms with Gasteiger partial charge in [0.15, 0.2) is 12.2 Å². The number of rotatable bonds is 72. The van der Waals surface area contributed by atoms with Crippen LogP contribution in [0.1, 0.15) is 376 Å². The van der Waals surface area contributed by atoms with Crippen LogP contribution in [0.25, 0.3) is 0 Å². The van der Waals surface area contributed by atoms with Crippen molar-refractivity contribution in [1.82, 2.24) is 0 Å². The lowest BCUT2D eigenvalue weighted by atomic mass is 10.00. The number of aliphatic hydroxyl groups excluding tert-OH is 1. The lowest BCUT2D eigenvalue weighted by Crippen LogP contribution is -2.30. The largest absolute Gasteiger partial charge is 0.472 e. The average molecular weight is 1380 g/mol. The summed E-state index contributed by atoms with van der Waals surface area (Å²) in [5.41, 5.74) is 0. The van der Waals surface area contributed by atoms with Crippen LogP contribution in [0.3, 0.4) is 0 Å². The van der Waals surface area contributed by atoms with Crippen LogP contribution >= 0.6 is 15.6 Å². The van der Waals surface area contributed by atoms with E-state index in [0.717, 1.165) is 120 Å². The molecule has 0 radical (unpaired) electrons. The van der Waals surface area contributed by atoms with Crippen molar-refractivity contribution in [3.05, 3.63) is 0 Å². The molecular weight excluding hydrogens is 1230 g/mol. The van der Waals surface area contributed by atoms with E-state index in [9.17, 15) is 43.2 Å². The molecule has 0 aliphatic rings. The molecule has 4 unspecified atom stereocenters. The Kier molecular flexibility index (Phi) is 63.1. The van der Waals surface area contributed by atoms with Gasteiger partial charge >= 0.3 is 39.5 Å². The zero-order valence-electron chi connectivity index (χ0n) is 61.6. The lowest BCUT2D eigenvalue weighted by molar-refractivity contribution is -0.161. The molecule has 0 rings (SSSR count). The lowest BCUT2D eigenvalue weighted by Gasteiger charge is -2.21. The van der Waals surface area contributed by atoms with E-state index in [1.165, 1.54) is 167 Å². The SMILES string of the molecule is CCC(C)CCCCCCCCC(=O)OC[C@H](COP(=O)(O)OCC(O)COP(=O)(O)OC[C@@H](COC(=O)CCCCCCCCC(C)C)OC(=O)CCCCCCCCCCCCCCCCCC(C)C)OC(=O)CCCCCCCCCCCCCCCCC(C)C. The van der Waals surface area contributed by atoms with E-state index in [2.05, 4.69) is 55.4 Å². The maximum Gasteiger partial charge on any atom is 0.472 e. The molecule has 0 aliphatic carbocycles. The topological polar surface area (TPSA) is 237 Å². The highest BCUT2D eigenvalue weighted by molar-refractivity contribution is 7.47. The molecule has 6 atom stereocenters. The molecule has 94 heavy (non-hydrogen) atoms. The Labute approximate surface area is 575 Å². The van der Waals surface area contributed by atoms with Crippen LogP contribution in [0, 0.1) is 23.7 Å². The van der Waals surface area contributed by atoms with Gasteiger partial charge in [0.2, 0.25) is 0 Å². The molecule has 3 N–H and O–H groups in total. The summed E-state index contributed by atoms with van der Waals surface area (Å²) in [5, 5.41) is 10.6. The fourth-order valence-electron chi connectivity index (χ4n) is 11.3. The number of phosphoric ester groups is 2. The minimum Gasteiger partial charge on any atom is -0.462 e. The number of carbonyl (C=O) groups excluding carboxylic acids is 4. The number of ether oxygens (including phenoxy) is 4. The van der Waals surface area contributed by atoms with Crippen molar-refractivity contribution in [2.45, 2.75) is 395 Å². The highest BCUT2D eigenvalue weighted by Gasteiger charge is 2.30. The van der Waals surface area contributed by atoms with E-state index >= 15 is 0 Å². The van der Waals surface area contributed by atoms with Gasteiger partial charge in [-0.1, -0.05) is 325 Å². The normalized spacial score (nSPS) is 14.4. The van der Waals surface area contributed by atoms with Gasteiger partial charge in [0, 0.05) is 25.7 Å². The van der Waals surface area contributed by atoms with Gasteiger partial charge in [-0.3, -0.25) is 37.3 Å². The molecular formula is C75H146O17P2.